The topological polar surface area (TPSA) is 41.1 Å². The van der Waals surface area contributed by atoms with E-state index < -0.39 is 0 Å². The highest BCUT2D eigenvalue weighted by Crippen LogP contribution is 2.30. The van der Waals surface area contributed by atoms with Crippen LogP contribution in [0.1, 0.15) is 34.6 Å². The first-order valence-corrected chi connectivity index (χ1v) is 7.73. The maximum Gasteiger partial charge on any atom is 0.224 e. The van der Waals surface area contributed by atoms with Gasteiger partial charge in [0.05, 0.1) is 12.5 Å². The second kappa shape index (κ2) is 5.41. The third-order valence-electron chi connectivity index (χ3n) is 3.90. The zero-order valence-electron chi connectivity index (χ0n) is 10.6. The Kier molecular flexibility index (Phi) is 3.66. The summed E-state index contributed by atoms with van der Waals surface area (Å²) in [4.78, 5) is 14.9. The first kappa shape index (κ1) is 12.2. The first-order chi connectivity index (χ1) is 8.83. The summed E-state index contributed by atoms with van der Waals surface area (Å²) in [6.45, 7) is 2.61. The minimum Gasteiger partial charge on any atom is -0.351 e. The summed E-state index contributed by atoms with van der Waals surface area (Å²) >= 11 is 1.88. The highest BCUT2D eigenvalue weighted by molar-refractivity contribution is 7.12. The van der Waals surface area contributed by atoms with E-state index in [1.807, 2.05) is 11.3 Å². The molecule has 98 valence electrons. The monoisotopic (exact) mass is 264 g/mol. The van der Waals surface area contributed by atoms with E-state index in [2.05, 4.69) is 16.7 Å². The van der Waals surface area contributed by atoms with Gasteiger partial charge in [0.25, 0.3) is 0 Å². The molecule has 0 spiro atoms. The molecular formula is C14H20N2OS. The average Bonchev–Trinajstić information content (AvgIpc) is 2.97. The molecule has 2 N–H and O–H groups in total. The quantitative estimate of drug-likeness (QED) is 0.875. The summed E-state index contributed by atoms with van der Waals surface area (Å²) in [5, 5.41) is 6.38. The van der Waals surface area contributed by atoms with Gasteiger partial charge in [0.1, 0.15) is 0 Å². The summed E-state index contributed by atoms with van der Waals surface area (Å²) < 4.78 is 0. The summed E-state index contributed by atoms with van der Waals surface area (Å²) in [5.41, 5.74) is 1.52. The van der Waals surface area contributed by atoms with E-state index in [9.17, 15) is 4.79 Å². The molecule has 1 saturated heterocycles. The maximum atomic E-state index is 12.0. The maximum absolute atomic E-state index is 12.0. The second-order valence-electron chi connectivity index (χ2n) is 5.28. The third kappa shape index (κ3) is 2.59. The predicted octanol–water partition coefficient (Wildman–Crippen LogP) is 1.85. The van der Waals surface area contributed by atoms with E-state index in [0.29, 0.717) is 6.54 Å². The number of carbonyl (C=O) groups excluding carboxylic acids is 1. The molecular weight excluding hydrogens is 244 g/mol. The molecule has 1 unspecified atom stereocenters. The number of carbonyl (C=O) groups is 1. The van der Waals surface area contributed by atoms with Gasteiger partial charge in [-0.1, -0.05) is 0 Å². The van der Waals surface area contributed by atoms with E-state index in [-0.39, 0.29) is 11.8 Å². The van der Waals surface area contributed by atoms with Crippen molar-refractivity contribution < 1.29 is 4.79 Å². The van der Waals surface area contributed by atoms with Gasteiger partial charge < -0.3 is 10.6 Å². The molecule has 18 heavy (non-hydrogen) atoms. The lowest BCUT2D eigenvalue weighted by Gasteiger charge is -2.21. The number of aryl methyl sites for hydroxylation is 2. The van der Waals surface area contributed by atoms with Crippen molar-refractivity contribution in [2.45, 2.75) is 38.6 Å². The first-order valence-electron chi connectivity index (χ1n) is 6.92. The van der Waals surface area contributed by atoms with Crippen LogP contribution in [0, 0.1) is 5.92 Å². The average molecular weight is 264 g/mol. The van der Waals surface area contributed by atoms with E-state index in [1.165, 1.54) is 29.7 Å². The second-order valence-corrected chi connectivity index (χ2v) is 6.50. The molecule has 0 bridgehead atoms. The van der Waals surface area contributed by atoms with Crippen LogP contribution in [0.25, 0.3) is 0 Å². The Morgan fingerprint density at radius 2 is 2.39 bits per heavy atom. The molecule has 0 radical (unpaired) electrons. The number of rotatable bonds is 3. The predicted molar refractivity (Wildman–Crippen MR) is 73.8 cm³/mol. The van der Waals surface area contributed by atoms with Gasteiger partial charge in [0.2, 0.25) is 5.91 Å². The molecule has 1 amide bonds. The Morgan fingerprint density at radius 1 is 1.44 bits per heavy atom. The Labute approximate surface area is 112 Å². The van der Waals surface area contributed by atoms with E-state index >= 15 is 0 Å². The van der Waals surface area contributed by atoms with Crippen LogP contribution >= 0.6 is 11.3 Å². The minimum absolute atomic E-state index is 0.172. The van der Waals surface area contributed by atoms with Crippen LogP contribution in [0.2, 0.25) is 0 Å². The molecule has 1 aliphatic carbocycles. The minimum atomic E-state index is 0.172. The fourth-order valence-electron chi connectivity index (χ4n) is 2.87. The summed E-state index contributed by atoms with van der Waals surface area (Å²) in [6.07, 6.45) is 5.92. The van der Waals surface area contributed by atoms with Gasteiger partial charge in [0, 0.05) is 16.3 Å². The van der Waals surface area contributed by atoms with Crippen molar-refractivity contribution in [3.8, 4) is 0 Å². The number of piperidine rings is 1. The number of nitrogens with one attached hydrogen (secondary N) is 2. The van der Waals surface area contributed by atoms with Crippen LogP contribution in [0.4, 0.5) is 0 Å². The van der Waals surface area contributed by atoms with E-state index in [0.717, 1.165) is 25.9 Å². The van der Waals surface area contributed by atoms with Crippen molar-refractivity contribution in [1.82, 2.24) is 10.6 Å². The van der Waals surface area contributed by atoms with Crippen molar-refractivity contribution in [2.24, 2.45) is 5.92 Å². The van der Waals surface area contributed by atoms with Crippen LogP contribution in [0.3, 0.4) is 0 Å². The zero-order valence-corrected chi connectivity index (χ0v) is 11.4. The summed E-state index contributed by atoms with van der Waals surface area (Å²) in [6, 6.07) is 2.28. The molecule has 1 aromatic heterocycles. The molecule has 1 aromatic rings. The molecule has 1 atom stereocenters. The van der Waals surface area contributed by atoms with Gasteiger partial charge >= 0.3 is 0 Å². The van der Waals surface area contributed by atoms with Crippen LogP contribution in [0.5, 0.6) is 0 Å². The molecule has 3 rings (SSSR count). The highest BCUT2D eigenvalue weighted by Gasteiger charge is 2.21. The highest BCUT2D eigenvalue weighted by atomic mass is 32.1. The fourth-order valence-corrected chi connectivity index (χ4v) is 4.07. The molecule has 0 saturated carbocycles. The lowest BCUT2D eigenvalue weighted by atomic mass is 9.99. The van der Waals surface area contributed by atoms with Crippen molar-refractivity contribution in [3.63, 3.8) is 0 Å². The number of amides is 1. The number of fused-ring (bicyclic) bond motifs is 1. The molecule has 2 aliphatic rings. The Balaban J connectivity index is 1.52. The summed E-state index contributed by atoms with van der Waals surface area (Å²) in [7, 11) is 0. The number of hydrogen-bond acceptors (Lipinski definition) is 3. The molecule has 3 nitrogen and oxygen atoms in total. The third-order valence-corrected chi connectivity index (χ3v) is 5.14. The van der Waals surface area contributed by atoms with Crippen molar-refractivity contribution >= 4 is 17.2 Å². The largest absolute Gasteiger partial charge is 0.351 e. The lowest BCUT2D eigenvalue weighted by molar-refractivity contribution is -0.125. The molecule has 4 heteroatoms. The smallest absolute Gasteiger partial charge is 0.224 e. The van der Waals surface area contributed by atoms with Crippen molar-refractivity contribution in [3.05, 3.63) is 21.4 Å². The molecule has 1 aliphatic heterocycles. The van der Waals surface area contributed by atoms with Crippen LogP contribution < -0.4 is 10.6 Å². The Hall–Kier alpha value is -0.870. The van der Waals surface area contributed by atoms with Crippen molar-refractivity contribution in [1.29, 1.82) is 0 Å². The van der Waals surface area contributed by atoms with E-state index in [4.69, 9.17) is 0 Å². The Morgan fingerprint density at radius 3 is 3.17 bits per heavy atom. The van der Waals surface area contributed by atoms with Crippen molar-refractivity contribution in [2.75, 3.05) is 13.1 Å². The van der Waals surface area contributed by atoms with Gasteiger partial charge in [-0.2, -0.15) is 0 Å². The number of thiophene rings is 1. The van der Waals surface area contributed by atoms with Crippen LogP contribution in [0.15, 0.2) is 6.07 Å². The molecule has 2 heterocycles. The van der Waals surface area contributed by atoms with Gasteiger partial charge in [-0.05, 0) is 50.3 Å². The summed E-state index contributed by atoms with van der Waals surface area (Å²) in [5.74, 6) is 0.390. The van der Waals surface area contributed by atoms with Crippen LogP contribution in [-0.2, 0) is 24.2 Å². The Bertz CT molecular complexity index is 414. The zero-order chi connectivity index (χ0) is 12.4. The van der Waals surface area contributed by atoms with Crippen LogP contribution in [-0.4, -0.2) is 19.0 Å². The molecule has 0 aromatic carbocycles. The lowest BCUT2D eigenvalue weighted by Crippen LogP contribution is -2.40. The van der Waals surface area contributed by atoms with E-state index in [1.54, 1.807) is 4.88 Å². The number of hydrogen-bond donors (Lipinski definition) is 2. The SMILES string of the molecule is O=C(NCc1cc2c(s1)CCC2)C1CCCNC1. The van der Waals surface area contributed by atoms with Gasteiger partial charge in [-0.25, -0.2) is 0 Å². The fraction of sp³-hybridized carbons (Fsp3) is 0.643. The standard InChI is InChI=1S/C14H20N2OS/c17-14(11-4-2-6-15-8-11)16-9-12-7-10-3-1-5-13(10)18-12/h7,11,15H,1-6,8-9H2,(H,16,17). The van der Waals surface area contributed by atoms with Gasteiger partial charge in [-0.15, -0.1) is 11.3 Å². The normalized spacial score (nSPS) is 22.8. The van der Waals surface area contributed by atoms with Gasteiger partial charge in [0.15, 0.2) is 0 Å². The van der Waals surface area contributed by atoms with Gasteiger partial charge in [-0.3, -0.25) is 4.79 Å². The molecule has 1 fully saturated rings.